The minimum atomic E-state index is 0.546. The summed E-state index contributed by atoms with van der Waals surface area (Å²) in [6.07, 6.45) is 5.95. The number of hydrogen-bond donors (Lipinski definition) is 1. The first-order chi connectivity index (χ1) is 5.83. The Morgan fingerprint density at radius 3 is 2.67 bits per heavy atom. The lowest BCUT2D eigenvalue weighted by Crippen LogP contribution is -2.66. The molecule has 70 valence electrons. The number of ether oxygens (including phenoxy) is 1. The number of nitrogens with one attached hydrogen (secondary N) is 1. The normalized spacial score (nSPS) is 37.5. The van der Waals surface area contributed by atoms with E-state index in [4.69, 9.17) is 4.74 Å². The fraction of sp³-hybridized carbons (Fsp3) is 1.00. The summed E-state index contributed by atoms with van der Waals surface area (Å²) < 4.78 is 5.73. The highest BCUT2D eigenvalue weighted by atomic mass is 16.5. The van der Waals surface area contributed by atoms with Gasteiger partial charge in [0.15, 0.2) is 0 Å². The Bertz CT molecular complexity index is 165. The Morgan fingerprint density at radius 1 is 1.50 bits per heavy atom. The second-order valence-electron chi connectivity index (χ2n) is 4.11. The molecule has 2 aliphatic carbocycles. The molecule has 0 unspecified atom stereocenters. The van der Waals surface area contributed by atoms with E-state index in [9.17, 15) is 0 Å². The van der Waals surface area contributed by atoms with Gasteiger partial charge in [0.25, 0.3) is 0 Å². The largest absolute Gasteiger partial charge is 0.378 e. The van der Waals surface area contributed by atoms with Crippen molar-refractivity contribution in [3.05, 3.63) is 0 Å². The standard InChI is InChI=1S/C10H19NO/c1-3-12-9-7-8(11-2)10(9)5-4-6-10/h8-9,11H,3-7H2,1-2H3/t8-,9-/m0/s1. The molecule has 2 nitrogen and oxygen atoms in total. The van der Waals surface area contributed by atoms with Crippen molar-refractivity contribution in [2.24, 2.45) is 5.41 Å². The van der Waals surface area contributed by atoms with Crippen LogP contribution in [-0.4, -0.2) is 25.8 Å². The predicted molar refractivity (Wildman–Crippen MR) is 49.2 cm³/mol. The van der Waals surface area contributed by atoms with Crippen molar-refractivity contribution in [3.8, 4) is 0 Å². The van der Waals surface area contributed by atoms with E-state index in [0.29, 0.717) is 11.5 Å². The quantitative estimate of drug-likeness (QED) is 0.692. The van der Waals surface area contributed by atoms with Gasteiger partial charge < -0.3 is 10.1 Å². The molecule has 2 saturated carbocycles. The molecule has 0 aliphatic heterocycles. The van der Waals surface area contributed by atoms with E-state index in [-0.39, 0.29) is 0 Å². The highest BCUT2D eigenvalue weighted by Crippen LogP contribution is 2.57. The topological polar surface area (TPSA) is 21.3 Å². The van der Waals surface area contributed by atoms with Crippen LogP contribution < -0.4 is 5.32 Å². The zero-order valence-electron chi connectivity index (χ0n) is 8.10. The van der Waals surface area contributed by atoms with Crippen LogP contribution in [0.2, 0.25) is 0 Å². The van der Waals surface area contributed by atoms with Crippen LogP contribution in [-0.2, 0) is 4.74 Å². The van der Waals surface area contributed by atoms with Crippen molar-refractivity contribution in [2.75, 3.05) is 13.7 Å². The Morgan fingerprint density at radius 2 is 2.25 bits per heavy atom. The molecule has 0 amide bonds. The van der Waals surface area contributed by atoms with Crippen LogP contribution in [0.3, 0.4) is 0 Å². The highest BCUT2D eigenvalue weighted by Gasteiger charge is 2.58. The van der Waals surface area contributed by atoms with Crippen molar-refractivity contribution >= 4 is 0 Å². The van der Waals surface area contributed by atoms with Crippen LogP contribution in [0.25, 0.3) is 0 Å². The predicted octanol–water partition coefficient (Wildman–Crippen LogP) is 1.55. The van der Waals surface area contributed by atoms with Crippen LogP contribution in [0.5, 0.6) is 0 Å². The molecule has 2 heteroatoms. The van der Waals surface area contributed by atoms with E-state index in [1.165, 1.54) is 25.7 Å². The molecule has 2 atom stereocenters. The van der Waals surface area contributed by atoms with E-state index in [1.54, 1.807) is 0 Å². The van der Waals surface area contributed by atoms with E-state index < -0.39 is 0 Å². The summed E-state index contributed by atoms with van der Waals surface area (Å²) in [6.45, 7) is 2.97. The molecule has 0 aromatic heterocycles. The van der Waals surface area contributed by atoms with E-state index in [2.05, 4.69) is 19.3 Å². The highest BCUT2D eigenvalue weighted by molar-refractivity contribution is 5.11. The van der Waals surface area contributed by atoms with Gasteiger partial charge in [-0.3, -0.25) is 0 Å². The first-order valence-corrected chi connectivity index (χ1v) is 5.12. The molecule has 12 heavy (non-hydrogen) atoms. The summed E-state index contributed by atoms with van der Waals surface area (Å²) in [5.74, 6) is 0. The first-order valence-electron chi connectivity index (χ1n) is 5.12. The molecular formula is C10H19NO. The molecule has 0 heterocycles. The van der Waals surface area contributed by atoms with Gasteiger partial charge in [-0.15, -0.1) is 0 Å². The fourth-order valence-electron chi connectivity index (χ4n) is 2.84. The maximum atomic E-state index is 5.73. The first kappa shape index (κ1) is 8.52. The van der Waals surface area contributed by atoms with Crippen LogP contribution in [0, 0.1) is 5.41 Å². The average molecular weight is 169 g/mol. The van der Waals surface area contributed by atoms with Crippen molar-refractivity contribution in [1.29, 1.82) is 0 Å². The van der Waals surface area contributed by atoms with Gasteiger partial charge in [-0.2, -0.15) is 0 Å². The van der Waals surface area contributed by atoms with Crippen molar-refractivity contribution in [3.63, 3.8) is 0 Å². The second-order valence-corrected chi connectivity index (χ2v) is 4.11. The van der Waals surface area contributed by atoms with Crippen LogP contribution >= 0.6 is 0 Å². The van der Waals surface area contributed by atoms with Gasteiger partial charge in [-0.05, 0) is 33.2 Å². The summed E-state index contributed by atoms with van der Waals surface area (Å²) in [6, 6.07) is 0.739. The van der Waals surface area contributed by atoms with Gasteiger partial charge in [0.05, 0.1) is 6.10 Å². The van der Waals surface area contributed by atoms with E-state index in [0.717, 1.165) is 12.6 Å². The lowest BCUT2D eigenvalue weighted by atomic mass is 9.51. The summed E-state index contributed by atoms with van der Waals surface area (Å²) in [5, 5.41) is 3.40. The maximum absolute atomic E-state index is 5.73. The fourth-order valence-corrected chi connectivity index (χ4v) is 2.84. The third-order valence-corrected chi connectivity index (χ3v) is 3.79. The van der Waals surface area contributed by atoms with Crippen LogP contribution in [0.4, 0.5) is 0 Å². The molecule has 2 fully saturated rings. The maximum Gasteiger partial charge on any atom is 0.0661 e. The summed E-state index contributed by atoms with van der Waals surface area (Å²) in [5.41, 5.74) is 0.546. The molecule has 2 rings (SSSR count). The molecule has 2 aliphatic rings. The van der Waals surface area contributed by atoms with Gasteiger partial charge in [0, 0.05) is 18.1 Å². The third kappa shape index (κ3) is 0.944. The monoisotopic (exact) mass is 169 g/mol. The SMILES string of the molecule is CCO[C@H]1C[C@H](NC)C12CCC2. The zero-order valence-corrected chi connectivity index (χ0v) is 8.10. The van der Waals surface area contributed by atoms with Gasteiger partial charge in [-0.25, -0.2) is 0 Å². The molecular weight excluding hydrogens is 150 g/mol. The van der Waals surface area contributed by atoms with Crippen molar-refractivity contribution in [2.45, 2.75) is 44.8 Å². The zero-order chi connectivity index (χ0) is 8.60. The van der Waals surface area contributed by atoms with E-state index in [1.807, 2.05) is 0 Å². The third-order valence-electron chi connectivity index (χ3n) is 3.79. The lowest BCUT2D eigenvalue weighted by Gasteiger charge is -2.61. The minimum Gasteiger partial charge on any atom is -0.378 e. The van der Waals surface area contributed by atoms with Gasteiger partial charge in [0.1, 0.15) is 0 Å². The lowest BCUT2D eigenvalue weighted by molar-refractivity contribution is -0.171. The van der Waals surface area contributed by atoms with Gasteiger partial charge in [0.2, 0.25) is 0 Å². The average Bonchev–Trinajstić information content (AvgIpc) is 1.93. The van der Waals surface area contributed by atoms with E-state index >= 15 is 0 Å². The van der Waals surface area contributed by atoms with Crippen molar-refractivity contribution in [1.82, 2.24) is 5.32 Å². The summed E-state index contributed by atoms with van der Waals surface area (Å²) >= 11 is 0. The molecule has 0 aromatic rings. The smallest absolute Gasteiger partial charge is 0.0661 e. The Labute approximate surface area is 74.7 Å². The van der Waals surface area contributed by atoms with Gasteiger partial charge >= 0.3 is 0 Å². The summed E-state index contributed by atoms with van der Waals surface area (Å²) in [4.78, 5) is 0. The number of rotatable bonds is 3. The van der Waals surface area contributed by atoms with Gasteiger partial charge in [-0.1, -0.05) is 6.42 Å². The number of hydrogen-bond acceptors (Lipinski definition) is 2. The van der Waals surface area contributed by atoms with Crippen LogP contribution in [0.15, 0.2) is 0 Å². The Balaban J connectivity index is 1.94. The van der Waals surface area contributed by atoms with Crippen molar-refractivity contribution < 1.29 is 4.74 Å². The molecule has 0 bridgehead atoms. The molecule has 1 spiro atoms. The Kier molecular flexibility index (Phi) is 2.13. The minimum absolute atomic E-state index is 0.546. The molecule has 1 N–H and O–H groups in total. The van der Waals surface area contributed by atoms with Crippen LogP contribution in [0.1, 0.15) is 32.6 Å². The summed E-state index contributed by atoms with van der Waals surface area (Å²) in [7, 11) is 2.08. The Hall–Kier alpha value is -0.0800. The molecule has 0 radical (unpaired) electrons. The molecule has 0 saturated heterocycles. The molecule has 0 aromatic carbocycles. The second kappa shape index (κ2) is 3.00.